The molecule has 104 valence electrons. The SMILES string of the molecule is COC(=O)C1(C)CCCC1OCc1ccc(C)cc1. The lowest BCUT2D eigenvalue weighted by molar-refractivity contribution is -0.160. The molecule has 1 aromatic rings. The second-order valence-corrected chi connectivity index (χ2v) is 5.59. The third kappa shape index (κ3) is 2.98. The van der Waals surface area contributed by atoms with Crippen LogP contribution in [0.1, 0.15) is 37.3 Å². The van der Waals surface area contributed by atoms with Gasteiger partial charge in [0.2, 0.25) is 0 Å². The Morgan fingerprint density at radius 1 is 1.37 bits per heavy atom. The van der Waals surface area contributed by atoms with Gasteiger partial charge in [-0.3, -0.25) is 4.79 Å². The Bertz CT molecular complexity index is 438. The summed E-state index contributed by atoms with van der Waals surface area (Å²) in [6, 6.07) is 8.29. The van der Waals surface area contributed by atoms with Crippen LogP contribution in [0.4, 0.5) is 0 Å². The summed E-state index contributed by atoms with van der Waals surface area (Å²) in [7, 11) is 1.45. The zero-order valence-corrected chi connectivity index (χ0v) is 11.9. The van der Waals surface area contributed by atoms with Gasteiger partial charge in [0.15, 0.2) is 0 Å². The maximum atomic E-state index is 11.9. The van der Waals surface area contributed by atoms with Crippen molar-refractivity contribution in [3.8, 4) is 0 Å². The first-order chi connectivity index (χ1) is 9.06. The van der Waals surface area contributed by atoms with Gasteiger partial charge in [-0.15, -0.1) is 0 Å². The summed E-state index contributed by atoms with van der Waals surface area (Å²) in [5.41, 5.74) is 1.90. The molecule has 1 aliphatic rings. The first-order valence-electron chi connectivity index (χ1n) is 6.82. The van der Waals surface area contributed by atoms with Crippen molar-refractivity contribution in [3.05, 3.63) is 35.4 Å². The zero-order chi connectivity index (χ0) is 13.9. The number of aryl methyl sites for hydroxylation is 1. The first-order valence-corrected chi connectivity index (χ1v) is 6.82. The molecule has 0 heterocycles. The highest BCUT2D eigenvalue weighted by Crippen LogP contribution is 2.41. The fraction of sp³-hybridized carbons (Fsp3) is 0.562. The molecular weight excluding hydrogens is 240 g/mol. The number of hydrogen-bond acceptors (Lipinski definition) is 3. The number of hydrogen-bond donors (Lipinski definition) is 0. The molecule has 19 heavy (non-hydrogen) atoms. The van der Waals surface area contributed by atoms with Crippen molar-refractivity contribution in [2.24, 2.45) is 5.41 Å². The van der Waals surface area contributed by atoms with E-state index in [0.29, 0.717) is 6.61 Å². The van der Waals surface area contributed by atoms with Crippen molar-refractivity contribution in [1.29, 1.82) is 0 Å². The van der Waals surface area contributed by atoms with Gasteiger partial charge in [-0.2, -0.15) is 0 Å². The fourth-order valence-corrected chi connectivity index (χ4v) is 2.75. The van der Waals surface area contributed by atoms with Crippen LogP contribution in [-0.4, -0.2) is 19.2 Å². The molecule has 2 atom stereocenters. The highest BCUT2D eigenvalue weighted by Gasteiger charge is 2.46. The Labute approximate surface area is 114 Å². The van der Waals surface area contributed by atoms with E-state index in [0.717, 1.165) is 24.8 Å². The van der Waals surface area contributed by atoms with Crippen LogP contribution in [-0.2, 0) is 20.9 Å². The summed E-state index contributed by atoms with van der Waals surface area (Å²) >= 11 is 0. The van der Waals surface area contributed by atoms with Crippen LogP contribution >= 0.6 is 0 Å². The summed E-state index contributed by atoms with van der Waals surface area (Å²) in [5.74, 6) is -0.154. The molecule has 1 aliphatic carbocycles. The molecular formula is C16H22O3. The van der Waals surface area contributed by atoms with E-state index >= 15 is 0 Å². The molecule has 2 unspecified atom stereocenters. The smallest absolute Gasteiger partial charge is 0.314 e. The monoisotopic (exact) mass is 262 g/mol. The van der Waals surface area contributed by atoms with Gasteiger partial charge in [0.25, 0.3) is 0 Å². The number of benzene rings is 1. The molecule has 3 nitrogen and oxygen atoms in total. The molecule has 0 aromatic heterocycles. The normalized spacial score (nSPS) is 26.4. The van der Waals surface area contributed by atoms with Gasteiger partial charge in [0, 0.05) is 0 Å². The largest absolute Gasteiger partial charge is 0.469 e. The van der Waals surface area contributed by atoms with E-state index < -0.39 is 5.41 Å². The molecule has 0 aliphatic heterocycles. The molecule has 1 aromatic carbocycles. The van der Waals surface area contributed by atoms with E-state index in [1.54, 1.807) is 0 Å². The van der Waals surface area contributed by atoms with Crippen LogP contribution in [0.2, 0.25) is 0 Å². The third-order valence-corrected chi connectivity index (χ3v) is 4.10. The standard InChI is InChI=1S/C16H22O3/c1-12-6-8-13(9-7-12)11-19-14-5-4-10-16(14,2)15(17)18-3/h6-9,14H,4-5,10-11H2,1-3H3. The lowest BCUT2D eigenvalue weighted by atomic mass is 9.86. The Balaban J connectivity index is 1.98. The van der Waals surface area contributed by atoms with Gasteiger partial charge < -0.3 is 9.47 Å². The Morgan fingerprint density at radius 2 is 2.05 bits per heavy atom. The van der Waals surface area contributed by atoms with Crippen LogP contribution in [0, 0.1) is 12.3 Å². The minimum Gasteiger partial charge on any atom is -0.469 e. The molecule has 0 saturated heterocycles. The average Bonchev–Trinajstić information content (AvgIpc) is 2.80. The van der Waals surface area contributed by atoms with Crippen molar-refractivity contribution in [1.82, 2.24) is 0 Å². The second kappa shape index (κ2) is 5.74. The molecule has 0 spiro atoms. The van der Waals surface area contributed by atoms with Gasteiger partial charge in [-0.1, -0.05) is 29.8 Å². The van der Waals surface area contributed by atoms with E-state index in [4.69, 9.17) is 9.47 Å². The van der Waals surface area contributed by atoms with Crippen molar-refractivity contribution in [3.63, 3.8) is 0 Å². The van der Waals surface area contributed by atoms with Gasteiger partial charge in [0.1, 0.15) is 0 Å². The first kappa shape index (κ1) is 14.1. The number of carbonyl (C=O) groups is 1. The topological polar surface area (TPSA) is 35.5 Å². The summed E-state index contributed by atoms with van der Waals surface area (Å²) in [6.45, 7) is 4.57. The predicted octanol–water partition coefficient (Wildman–Crippen LogP) is 3.24. The molecule has 1 fully saturated rings. The highest BCUT2D eigenvalue weighted by atomic mass is 16.5. The van der Waals surface area contributed by atoms with Gasteiger partial charge in [-0.25, -0.2) is 0 Å². The molecule has 0 amide bonds. The molecule has 3 heteroatoms. The van der Waals surface area contributed by atoms with Crippen molar-refractivity contribution in [2.75, 3.05) is 7.11 Å². The summed E-state index contributed by atoms with van der Waals surface area (Å²) < 4.78 is 10.9. The molecule has 2 rings (SSSR count). The lowest BCUT2D eigenvalue weighted by Crippen LogP contribution is -2.38. The summed E-state index contributed by atoms with van der Waals surface area (Å²) in [4.78, 5) is 11.9. The quantitative estimate of drug-likeness (QED) is 0.781. The maximum Gasteiger partial charge on any atom is 0.314 e. The average molecular weight is 262 g/mol. The number of methoxy groups -OCH3 is 1. The van der Waals surface area contributed by atoms with Crippen molar-refractivity contribution in [2.45, 2.75) is 45.8 Å². The van der Waals surface area contributed by atoms with Crippen molar-refractivity contribution < 1.29 is 14.3 Å². The van der Waals surface area contributed by atoms with Crippen LogP contribution in [0.5, 0.6) is 0 Å². The molecule has 0 bridgehead atoms. The Kier molecular flexibility index (Phi) is 4.25. The van der Waals surface area contributed by atoms with E-state index in [-0.39, 0.29) is 12.1 Å². The second-order valence-electron chi connectivity index (χ2n) is 5.59. The summed E-state index contributed by atoms with van der Waals surface area (Å²) in [5, 5.41) is 0. The van der Waals surface area contributed by atoms with Gasteiger partial charge >= 0.3 is 5.97 Å². The minimum atomic E-state index is -0.487. The third-order valence-electron chi connectivity index (χ3n) is 4.10. The lowest BCUT2D eigenvalue weighted by Gasteiger charge is -2.28. The van der Waals surface area contributed by atoms with E-state index in [9.17, 15) is 4.79 Å². The van der Waals surface area contributed by atoms with Crippen LogP contribution in [0.25, 0.3) is 0 Å². The van der Waals surface area contributed by atoms with Gasteiger partial charge in [-0.05, 0) is 38.7 Å². The fourth-order valence-electron chi connectivity index (χ4n) is 2.75. The number of ether oxygens (including phenoxy) is 2. The number of carbonyl (C=O) groups excluding carboxylic acids is 1. The number of esters is 1. The van der Waals surface area contributed by atoms with E-state index in [2.05, 4.69) is 31.2 Å². The molecule has 0 N–H and O–H groups in total. The number of rotatable bonds is 4. The molecule has 0 radical (unpaired) electrons. The molecule has 1 saturated carbocycles. The highest BCUT2D eigenvalue weighted by molar-refractivity contribution is 5.77. The Hall–Kier alpha value is -1.35. The van der Waals surface area contributed by atoms with Gasteiger partial charge in [0.05, 0.1) is 25.2 Å². The van der Waals surface area contributed by atoms with Crippen LogP contribution in [0.15, 0.2) is 24.3 Å². The van der Waals surface area contributed by atoms with Crippen LogP contribution in [0.3, 0.4) is 0 Å². The van der Waals surface area contributed by atoms with E-state index in [1.165, 1.54) is 12.7 Å². The van der Waals surface area contributed by atoms with Crippen molar-refractivity contribution >= 4 is 5.97 Å². The van der Waals surface area contributed by atoms with Crippen LogP contribution < -0.4 is 0 Å². The maximum absolute atomic E-state index is 11.9. The zero-order valence-electron chi connectivity index (χ0n) is 11.9. The Morgan fingerprint density at radius 3 is 2.68 bits per heavy atom. The summed E-state index contributed by atoms with van der Waals surface area (Å²) in [6.07, 6.45) is 2.75. The predicted molar refractivity (Wildman–Crippen MR) is 73.7 cm³/mol. The minimum absolute atomic E-state index is 0.0405. The van der Waals surface area contributed by atoms with E-state index in [1.807, 2.05) is 6.92 Å².